The highest BCUT2D eigenvalue weighted by atomic mass is 32.2. The van der Waals surface area contributed by atoms with Crippen molar-refractivity contribution in [3.8, 4) is 5.75 Å². The largest absolute Gasteiger partial charge is 0.497 e. The lowest BCUT2D eigenvalue weighted by Gasteiger charge is -2.31. The molecule has 0 N–H and O–H groups in total. The molecular weight excluding hydrogens is 431 g/mol. The van der Waals surface area contributed by atoms with Crippen LogP contribution in [0.2, 0.25) is 0 Å². The number of alkyl halides is 3. The maximum atomic E-state index is 13.3. The number of likely N-dealkylation sites (tertiary alicyclic amines) is 1. The first kappa shape index (κ1) is 23.1. The van der Waals surface area contributed by atoms with Crippen molar-refractivity contribution in [1.29, 1.82) is 0 Å². The zero-order valence-electron chi connectivity index (χ0n) is 17.4. The van der Waals surface area contributed by atoms with Crippen LogP contribution >= 0.6 is 0 Å². The summed E-state index contributed by atoms with van der Waals surface area (Å²) in [5.41, 5.74) is -0.152. The SMILES string of the molecule is COc1ccc(CN2CC(C(C)(C)S(=O)(=O)c3cccc(C(F)(F)F)c3)CC2=O)cc1. The van der Waals surface area contributed by atoms with Crippen LogP contribution in [0.25, 0.3) is 0 Å². The lowest BCUT2D eigenvalue weighted by Crippen LogP contribution is -2.41. The summed E-state index contributed by atoms with van der Waals surface area (Å²) in [6, 6.07) is 10.9. The number of benzene rings is 2. The fourth-order valence-electron chi connectivity index (χ4n) is 3.70. The van der Waals surface area contributed by atoms with Crippen molar-refractivity contribution in [3.05, 3.63) is 59.7 Å². The van der Waals surface area contributed by atoms with Crippen LogP contribution in [-0.2, 0) is 27.4 Å². The molecule has 1 amide bonds. The van der Waals surface area contributed by atoms with Crippen LogP contribution in [0.1, 0.15) is 31.4 Å². The molecule has 0 bridgehead atoms. The molecule has 1 unspecified atom stereocenters. The van der Waals surface area contributed by atoms with E-state index in [2.05, 4.69) is 0 Å². The molecule has 0 saturated carbocycles. The highest BCUT2D eigenvalue weighted by Crippen LogP contribution is 2.39. The van der Waals surface area contributed by atoms with Crippen LogP contribution in [0.4, 0.5) is 13.2 Å². The van der Waals surface area contributed by atoms with E-state index in [4.69, 9.17) is 4.74 Å². The van der Waals surface area contributed by atoms with Crippen LogP contribution in [0.3, 0.4) is 0 Å². The Balaban J connectivity index is 1.82. The van der Waals surface area contributed by atoms with Crippen molar-refractivity contribution in [2.75, 3.05) is 13.7 Å². The van der Waals surface area contributed by atoms with E-state index >= 15 is 0 Å². The summed E-state index contributed by atoms with van der Waals surface area (Å²) in [4.78, 5) is 13.7. The van der Waals surface area contributed by atoms with Gasteiger partial charge in [-0.3, -0.25) is 4.79 Å². The minimum Gasteiger partial charge on any atom is -0.497 e. The number of ether oxygens (including phenoxy) is 1. The first-order valence-corrected chi connectivity index (χ1v) is 11.2. The molecule has 31 heavy (non-hydrogen) atoms. The van der Waals surface area contributed by atoms with Crippen LogP contribution in [0.15, 0.2) is 53.4 Å². The minimum atomic E-state index is -4.64. The molecule has 5 nitrogen and oxygen atoms in total. The van der Waals surface area contributed by atoms with E-state index in [0.717, 1.165) is 23.8 Å². The molecule has 1 saturated heterocycles. The van der Waals surface area contributed by atoms with Gasteiger partial charge >= 0.3 is 6.18 Å². The second kappa shape index (κ2) is 8.18. The second-order valence-electron chi connectivity index (χ2n) is 8.16. The Morgan fingerprint density at radius 2 is 1.74 bits per heavy atom. The molecule has 1 heterocycles. The Kier molecular flexibility index (Phi) is 6.10. The summed E-state index contributed by atoms with van der Waals surface area (Å²) < 4.78 is 69.4. The first-order chi connectivity index (χ1) is 14.4. The molecule has 2 aromatic rings. The normalized spacial score (nSPS) is 17.8. The highest BCUT2D eigenvalue weighted by Gasteiger charge is 2.48. The Bertz CT molecular complexity index is 1060. The van der Waals surface area contributed by atoms with Crippen LogP contribution in [-0.4, -0.2) is 37.6 Å². The molecule has 1 fully saturated rings. The van der Waals surface area contributed by atoms with Gasteiger partial charge in [-0.05, 0) is 49.7 Å². The minimum absolute atomic E-state index is 0.0152. The molecule has 2 aromatic carbocycles. The summed E-state index contributed by atoms with van der Waals surface area (Å²) >= 11 is 0. The van der Waals surface area contributed by atoms with Crippen molar-refractivity contribution in [3.63, 3.8) is 0 Å². The van der Waals surface area contributed by atoms with Crippen molar-refractivity contribution < 1.29 is 31.1 Å². The molecule has 0 radical (unpaired) electrons. The lowest BCUT2D eigenvalue weighted by atomic mass is 9.94. The van der Waals surface area contributed by atoms with Crippen molar-refractivity contribution in [1.82, 2.24) is 4.90 Å². The molecule has 1 aliphatic rings. The number of rotatable bonds is 6. The number of sulfone groups is 1. The van der Waals surface area contributed by atoms with E-state index in [9.17, 15) is 26.4 Å². The first-order valence-electron chi connectivity index (χ1n) is 9.69. The van der Waals surface area contributed by atoms with Crippen LogP contribution in [0.5, 0.6) is 5.75 Å². The van der Waals surface area contributed by atoms with Crippen molar-refractivity contribution in [2.45, 2.75) is 42.6 Å². The Labute approximate surface area is 179 Å². The monoisotopic (exact) mass is 455 g/mol. The zero-order valence-corrected chi connectivity index (χ0v) is 18.3. The van der Waals surface area contributed by atoms with Crippen molar-refractivity contribution in [2.24, 2.45) is 5.92 Å². The number of carbonyl (C=O) groups excluding carboxylic acids is 1. The van der Waals surface area contributed by atoms with Gasteiger partial charge in [-0.2, -0.15) is 13.2 Å². The van der Waals surface area contributed by atoms with Crippen molar-refractivity contribution >= 4 is 15.7 Å². The number of methoxy groups -OCH3 is 1. The summed E-state index contributed by atoms with van der Waals surface area (Å²) in [6.07, 6.45) is -4.63. The Morgan fingerprint density at radius 3 is 2.32 bits per heavy atom. The number of nitrogens with zero attached hydrogens (tertiary/aromatic N) is 1. The number of carbonyl (C=O) groups is 1. The standard InChI is InChI=1S/C22H24F3NO4S/c1-21(2,31(28,29)19-6-4-5-16(11-19)22(23,24)25)17-12-20(27)26(14-17)13-15-7-9-18(30-3)10-8-15/h4-11,17H,12-14H2,1-3H3. The lowest BCUT2D eigenvalue weighted by molar-refractivity contribution is -0.137. The number of halogens is 3. The molecular formula is C22H24F3NO4S. The number of amides is 1. The molecule has 0 aliphatic carbocycles. The van der Waals surface area contributed by atoms with Gasteiger partial charge in [0.05, 0.1) is 22.3 Å². The van der Waals surface area contributed by atoms with Gasteiger partial charge in [0.15, 0.2) is 9.84 Å². The fourth-order valence-corrected chi connectivity index (χ4v) is 5.45. The average Bonchev–Trinajstić information content (AvgIpc) is 3.09. The fraction of sp³-hybridized carbons (Fsp3) is 0.409. The Morgan fingerprint density at radius 1 is 1.10 bits per heavy atom. The maximum absolute atomic E-state index is 13.3. The van der Waals surface area contributed by atoms with Gasteiger partial charge in [0, 0.05) is 25.4 Å². The highest BCUT2D eigenvalue weighted by molar-refractivity contribution is 7.92. The van der Waals surface area contributed by atoms with Gasteiger partial charge in [-0.15, -0.1) is 0 Å². The topological polar surface area (TPSA) is 63.7 Å². The second-order valence-corrected chi connectivity index (χ2v) is 10.7. The number of hydrogen-bond donors (Lipinski definition) is 0. The van der Waals surface area contributed by atoms with E-state index in [1.807, 2.05) is 12.1 Å². The molecule has 1 aliphatic heterocycles. The third-order valence-electron chi connectivity index (χ3n) is 5.89. The van der Waals surface area contributed by atoms with Gasteiger partial charge in [0.1, 0.15) is 5.75 Å². The van der Waals surface area contributed by atoms with Gasteiger partial charge in [-0.1, -0.05) is 18.2 Å². The smallest absolute Gasteiger partial charge is 0.416 e. The molecule has 0 aromatic heterocycles. The van der Waals surface area contributed by atoms with Gasteiger partial charge in [0.25, 0.3) is 0 Å². The van der Waals surface area contributed by atoms with E-state index in [1.165, 1.54) is 13.8 Å². The summed E-state index contributed by atoms with van der Waals surface area (Å²) in [5.74, 6) is -0.0615. The van der Waals surface area contributed by atoms with Gasteiger partial charge in [0.2, 0.25) is 5.91 Å². The van der Waals surface area contributed by atoms with Crippen LogP contribution < -0.4 is 4.74 Å². The predicted octanol–water partition coefficient (Wildman–Crippen LogP) is 4.32. The summed E-state index contributed by atoms with van der Waals surface area (Å²) in [7, 11) is -2.58. The number of hydrogen-bond acceptors (Lipinski definition) is 4. The zero-order chi connectivity index (χ0) is 23.0. The van der Waals surface area contributed by atoms with E-state index in [0.29, 0.717) is 18.4 Å². The summed E-state index contributed by atoms with van der Waals surface area (Å²) in [5, 5.41) is 0. The summed E-state index contributed by atoms with van der Waals surface area (Å²) in [6.45, 7) is 3.46. The van der Waals surface area contributed by atoms with Gasteiger partial charge < -0.3 is 9.64 Å². The Hall–Kier alpha value is -2.55. The quantitative estimate of drug-likeness (QED) is 0.651. The molecule has 0 spiro atoms. The molecule has 168 valence electrons. The molecule has 1 atom stereocenters. The van der Waals surface area contributed by atoms with E-state index in [1.54, 1.807) is 24.1 Å². The van der Waals surface area contributed by atoms with E-state index in [-0.39, 0.29) is 18.9 Å². The predicted molar refractivity (Wildman–Crippen MR) is 109 cm³/mol. The third kappa shape index (κ3) is 4.56. The molecule has 9 heteroatoms. The molecule has 3 rings (SSSR count). The van der Waals surface area contributed by atoms with Crippen LogP contribution in [0, 0.1) is 5.92 Å². The average molecular weight is 455 g/mol. The maximum Gasteiger partial charge on any atom is 0.416 e. The van der Waals surface area contributed by atoms with E-state index < -0.39 is 37.1 Å². The van der Waals surface area contributed by atoms with Gasteiger partial charge in [-0.25, -0.2) is 8.42 Å². The third-order valence-corrected chi connectivity index (χ3v) is 8.49.